The molecular weight excluding hydrogens is 549 g/mol. The largest absolute Gasteiger partial charge is 0.316 e. The van der Waals surface area contributed by atoms with E-state index in [-0.39, 0.29) is 11.7 Å². The first-order valence-corrected chi connectivity index (χ1v) is 15.4. The van der Waals surface area contributed by atoms with Gasteiger partial charge in [0.1, 0.15) is 11.1 Å². The molecule has 3 aromatic heterocycles. The summed E-state index contributed by atoms with van der Waals surface area (Å²) in [6, 6.07) is 22.5. The first-order chi connectivity index (χ1) is 20.2. The smallest absolute Gasteiger partial charge is 0.235 e. The maximum Gasteiger partial charge on any atom is 0.235 e. The molecule has 5 aromatic rings. The second-order valence-electron chi connectivity index (χ2n) is 9.86. The normalized spacial score (nSPS) is 12.9. The highest BCUT2D eigenvalue weighted by Crippen LogP contribution is 2.37. The van der Waals surface area contributed by atoms with Crippen LogP contribution in [0.1, 0.15) is 35.3 Å². The van der Waals surface area contributed by atoms with Gasteiger partial charge in [0.25, 0.3) is 0 Å². The molecule has 0 saturated carbocycles. The van der Waals surface area contributed by atoms with Gasteiger partial charge in [-0.05, 0) is 43.4 Å². The Kier molecular flexibility index (Phi) is 7.94. The highest BCUT2D eigenvalue weighted by Gasteiger charge is 2.22. The fourth-order valence-corrected chi connectivity index (χ4v) is 7.25. The van der Waals surface area contributed by atoms with Crippen molar-refractivity contribution in [1.82, 2.24) is 19.7 Å². The topological polar surface area (TPSA) is 96.5 Å². The second-order valence-corrected chi connectivity index (χ2v) is 11.9. The van der Waals surface area contributed by atoms with Crippen LogP contribution in [-0.2, 0) is 24.2 Å². The number of benzene rings is 2. The van der Waals surface area contributed by atoms with Gasteiger partial charge in [0.05, 0.1) is 22.5 Å². The molecule has 0 atom stereocenters. The predicted molar refractivity (Wildman–Crippen MR) is 166 cm³/mol. The van der Waals surface area contributed by atoms with E-state index in [1.54, 1.807) is 17.4 Å². The molecule has 0 radical (unpaired) electrons. The molecule has 0 saturated heterocycles. The van der Waals surface area contributed by atoms with Gasteiger partial charge in [-0.1, -0.05) is 72.8 Å². The van der Waals surface area contributed by atoms with Crippen LogP contribution >= 0.6 is 23.1 Å². The molecule has 1 aliphatic rings. The number of carbonyl (C=O) groups excluding carboxylic acids is 1. The lowest BCUT2D eigenvalue weighted by Crippen LogP contribution is -2.14. The number of fused-ring (bicyclic) bond motifs is 2. The number of nitrogens with one attached hydrogen (secondary N) is 1. The second kappa shape index (κ2) is 12.1. The summed E-state index contributed by atoms with van der Waals surface area (Å²) in [5.74, 6) is 0.672. The van der Waals surface area contributed by atoms with E-state index < -0.39 is 0 Å². The van der Waals surface area contributed by atoms with E-state index >= 15 is 0 Å². The lowest BCUT2D eigenvalue weighted by molar-refractivity contribution is -0.113. The molecule has 0 aliphatic heterocycles. The summed E-state index contributed by atoms with van der Waals surface area (Å²) in [7, 11) is 0. The number of thiophene rings is 1. The standard InChI is InChI=1S/C32H28N6OS2/c1-2-17-38-30(24-18-27(21-11-5-3-6-12-21)34-26-15-10-9-13-22(24)26)36-37-32(38)40-20-29(39)35-31-25(19-33)23-14-7-4-8-16-28(23)41-31/h2-3,5-6,9-13,15,18H,1,4,7-8,14,16-17,20H2,(H,35,39). The third-order valence-corrected chi connectivity index (χ3v) is 9.35. The summed E-state index contributed by atoms with van der Waals surface area (Å²) in [5.41, 5.74) is 5.40. The van der Waals surface area contributed by atoms with Crippen molar-refractivity contribution in [1.29, 1.82) is 5.26 Å². The van der Waals surface area contributed by atoms with Gasteiger partial charge in [0.15, 0.2) is 11.0 Å². The average molecular weight is 577 g/mol. The van der Waals surface area contributed by atoms with E-state index in [0.29, 0.717) is 28.1 Å². The minimum atomic E-state index is -0.168. The molecule has 0 spiro atoms. The monoisotopic (exact) mass is 576 g/mol. The zero-order chi connectivity index (χ0) is 28.2. The van der Waals surface area contributed by atoms with E-state index in [1.165, 1.54) is 23.1 Å². The van der Waals surface area contributed by atoms with Gasteiger partial charge in [-0.25, -0.2) is 4.98 Å². The number of hydrogen-bond acceptors (Lipinski definition) is 7. The Hall–Kier alpha value is -4.26. The average Bonchev–Trinajstić information content (AvgIpc) is 3.46. The first kappa shape index (κ1) is 26.9. The zero-order valence-electron chi connectivity index (χ0n) is 22.5. The van der Waals surface area contributed by atoms with Crippen molar-refractivity contribution < 1.29 is 4.79 Å². The molecule has 1 N–H and O–H groups in total. The Bertz CT molecular complexity index is 1780. The number of thioether (sulfide) groups is 1. The third-order valence-electron chi connectivity index (χ3n) is 7.17. The van der Waals surface area contributed by atoms with E-state index in [0.717, 1.165) is 59.0 Å². The lowest BCUT2D eigenvalue weighted by Gasteiger charge is -2.12. The molecule has 0 unspecified atom stereocenters. The lowest BCUT2D eigenvalue weighted by atomic mass is 10.0. The molecule has 9 heteroatoms. The number of rotatable bonds is 8. The van der Waals surface area contributed by atoms with Crippen LogP contribution in [0, 0.1) is 11.3 Å². The number of pyridine rings is 1. The number of hydrogen-bond donors (Lipinski definition) is 1. The number of aryl methyl sites for hydroxylation is 1. The minimum Gasteiger partial charge on any atom is -0.316 e. The number of para-hydroxylation sites is 1. The number of carbonyl (C=O) groups is 1. The molecule has 204 valence electrons. The molecular formula is C32H28N6OS2. The molecule has 0 bridgehead atoms. The summed E-state index contributed by atoms with van der Waals surface area (Å²) in [5, 5.41) is 24.1. The number of aromatic nitrogens is 4. The number of nitriles is 1. The van der Waals surface area contributed by atoms with Crippen molar-refractivity contribution >= 4 is 44.9 Å². The molecule has 0 fully saturated rings. The summed E-state index contributed by atoms with van der Waals surface area (Å²) >= 11 is 2.87. The van der Waals surface area contributed by atoms with Crippen molar-refractivity contribution in [3.63, 3.8) is 0 Å². The summed E-state index contributed by atoms with van der Waals surface area (Å²) in [6.07, 6.45) is 7.08. The van der Waals surface area contributed by atoms with Gasteiger partial charge in [-0.3, -0.25) is 9.36 Å². The van der Waals surface area contributed by atoms with Gasteiger partial charge < -0.3 is 5.32 Å². The summed E-state index contributed by atoms with van der Waals surface area (Å²) in [4.78, 5) is 19.2. The fraction of sp³-hybridized carbons (Fsp3) is 0.219. The van der Waals surface area contributed by atoms with E-state index in [2.05, 4.69) is 28.2 Å². The summed E-state index contributed by atoms with van der Waals surface area (Å²) < 4.78 is 1.98. The van der Waals surface area contributed by atoms with Gasteiger partial charge in [0, 0.05) is 27.9 Å². The first-order valence-electron chi connectivity index (χ1n) is 13.6. The van der Waals surface area contributed by atoms with Crippen LogP contribution in [0.5, 0.6) is 0 Å². The zero-order valence-corrected chi connectivity index (χ0v) is 24.1. The van der Waals surface area contributed by atoms with Crippen LogP contribution in [0.3, 0.4) is 0 Å². The highest BCUT2D eigenvalue weighted by atomic mass is 32.2. The van der Waals surface area contributed by atoms with E-state index in [4.69, 9.17) is 4.98 Å². The van der Waals surface area contributed by atoms with E-state index in [1.807, 2.05) is 65.2 Å². The van der Waals surface area contributed by atoms with Gasteiger partial charge in [0.2, 0.25) is 5.91 Å². The van der Waals surface area contributed by atoms with E-state index in [9.17, 15) is 10.1 Å². The highest BCUT2D eigenvalue weighted by molar-refractivity contribution is 7.99. The third kappa shape index (κ3) is 5.53. The number of allylic oxidation sites excluding steroid dienone is 1. The molecule has 6 rings (SSSR count). The van der Waals surface area contributed by atoms with Crippen LogP contribution in [0.25, 0.3) is 33.5 Å². The van der Waals surface area contributed by atoms with Gasteiger partial charge in [-0.15, -0.1) is 28.1 Å². The molecule has 41 heavy (non-hydrogen) atoms. The molecule has 3 heterocycles. The molecule has 1 amide bonds. The molecule has 1 aliphatic carbocycles. The van der Waals surface area contributed by atoms with Crippen molar-refractivity contribution in [2.45, 2.75) is 43.8 Å². The predicted octanol–water partition coefficient (Wildman–Crippen LogP) is 7.28. The van der Waals surface area contributed by atoms with Crippen LogP contribution < -0.4 is 5.32 Å². The quantitative estimate of drug-likeness (QED) is 0.118. The van der Waals surface area contributed by atoms with Crippen molar-refractivity contribution in [3.05, 3.63) is 89.3 Å². The van der Waals surface area contributed by atoms with Crippen LogP contribution in [0.4, 0.5) is 5.00 Å². The maximum absolute atomic E-state index is 13.0. The fourth-order valence-electron chi connectivity index (χ4n) is 5.25. The number of nitrogens with zero attached hydrogens (tertiary/aromatic N) is 5. The van der Waals surface area contributed by atoms with Crippen LogP contribution in [0.2, 0.25) is 0 Å². The van der Waals surface area contributed by atoms with Crippen LogP contribution in [0.15, 0.2) is 78.5 Å². The Morgan fingerprint density at radius 2 is 1.90 bits per heavy atom. The summed E-state index contributed by atoms with van der Waals surface area (Å²) in [6.45, 7) is 4.43. The Balaban J connectivity index is 1.28. The SMILES string of the molecule is C=CCn1c(SCC(=O)Nc2sc3c(c2C#N)CCCCC3)nnc1-c1cc(-c2ccccc2)nc2ccccc12. The maximum atomic E-state index is 13.0. The minimum absolute atomic E-state index is 0.148. The van der Waals surface area contributed by atoms with Crippen LogP contribution in [-0.4, -0.2) is 31.4 Å². The van der Waals surface area contributed by atoms with Crippen molar-refractivity contribution in [3.8, 4) is 28.7 Å². The van der Waals surface area contributed by atoms with Gasteiger partial charge >= 0.3 is 0 Å². The molecule has 7 nitrogen and oxygen atoms in total. The van der Waals surface area contributed by atoms with Crippen molar-refractivity contribution in [2.75, 3.05) is 11.1 Å². The molecule has 2 aromatic carbocycles. The number of anilines is 1. The Morgan fingerprint density at radius 1 is 1.10 bits per heavy atom. The number of amides is 1. The van der Waals surface area contributed by atoms with Gasteiger partial charge in [-0.2, -0.15) is 5.26 Å². The Morgan fingerprint density at radius 3 is 2.73 bits per heavy atom. The van der Waals surface area contributed by atoms with Crippen molar-refractivity contribution in [2.24, 2.45) is 0 Å². The Labute approximate surface area is 247 Å².